The van der Waals surface area contributed by atoms with Crippen LogP contribution >= 0.6 is 15.9 Å². The summed E-state index contributed by atoms with van der Waals surface area (Å²) >= 11 is 3.50. The number of rotatable bonds is 5. The molecule has 0 saturated carbocycles. The molecule has 0 spiro atoms. The lowest BCUT2D eigenvalue weighted by molar-refractivity contribution is 0.169. The van der Waals surface area contributed by atoms with Crippen LogP contribution in [0.1, 0.15) is 31.9 Å². The Morgan fingerprint density at radius 3 is 2.79 bits per heavy atom. The summed E-state index contributed by atoms with van der Waals surface area (Å²) < 4.78 is 12.0. The van der Waals surface area contributed by atoms with E-state index in [9.17, 15) is 5.11 Å². The van der Waals surface area contributed by atoms with Crippen LogP contribution in [0.4, 0.5) is 0 Å². The molecule has 0 saturated heterocycles. The maximum Gasteiger partial charge on any atom is 0.175 e. The zero-order valence-electron chi connectivity index (χ0n) is 11.3. The van der Waals surface area contributed by atoms with Gasteiger partial charge in [0.1, 0.15) is 13.2 Å². The molecule has 19 heavy (non-hydrogen) atoms. The van der Waals surface area contributed by atoms with E-state index < -0.39 is 0 Å². The van der Waals surface area contributed by atoms with E-state index in [1.807, 2.05) is 12.1 Å². The minimum absolute atomic E-state index is 0.0520. The Kier molecular flexibility index (Phi) is 5.07. The fraction of sp³-hybridized carbons (Fsp3) is 0.571. The van der Waals surface area contributed by atoms with E-state index in [0.717, 1.165) is 28.0 Å². The molecular formula is C14H20BrNO3. The largest absolute Gasteiger partial charge is 0.486 e. The number of fused-ring (bicyclic) bond motifs is 1. The van der Waals surface area contributed by atoms with Crippen molar-refractivity contribution in [3.8, 4) is 11.5 Å². The topological polar surface area (TPSA) is 50.7 Å². The van der Waals surface area contributed by atoms with Crippen LogP contribution in [-0.2, 0) is 0 Å². The molecule has 0 aromatic heterocycles. The van der Waals surface area contributed by atoms with Gasteiger partial charge in [0, 0.05) is 6.04 Å². The van der Waals surface area contributed by atoms with Gasteiger partial charge in [-0.25, -0.2) is 0 Å². The van der Waals surface area contributed by atoms with Gasteiger partial charge in [-0.1, -0.05) is 6.92 Å². The van der Waals surface area contributed by atoms with E-state index in [1.54, 1.807) is 0 Å². The predicted molar refractivity (Wildman–Crippen MR) is 77.8 cm³/mol. The van der Waals surface area contributed by atoms with Crippen molar-refractivity contribution < 1.29 is 14.6 Å². The van der Waals surface area contributed by atoms with Gasteiger partial charge in [-0.2, -0.15) is 0 Å². The van der Waals surface area contributed by atoms with Gasteiger partial charge >= 0.3 is 0 Å². The molecule has 0 bridgehead atoms. The zero-order valence-corrected chi connectivity index (χ0v) is 12.9. The number of aliphatic hydroxyl groups is 1. The third-order valence-electron chi connectivity index (χ3n) is 3.30. The molecule has 2 unspecified atom stereocenters. The number of ether oxygens (including phenoxy) is 2. The summed E-state index contributed by atoms with van der Waals surface area (Å²) in [6.45, 7) is 5.41. The van der Waals surface area contributed by atoms with E-state index in [4.69, 9.17) is 9.47 Å². The van der Waals surface area contributed by atoms with Crippen molar-refractivity contribution in [1.29, 1.82) is 0 Å². The minimum atomic E-state index is -0.0953. The van der Waals surface area contributed by atoms with Crippen LogP contribution < -0.4 is 14.8 Å². The third-order valence-corrected chi connectivity index (χ3v) is 3.89. The highest BCUT2D eigenvalue weighted by atomic mass is 79.9. The molecule has 1 aromatic carbocycles. The Hall–Kier alpha value is -0.780. The summed E-state index contributed by atoms with van der Waals surface area (Å²) in [6.07, 6.45) is 1.02. The van der Waals surface area contributed by atoms with Crippen molar-refractivity contribution in [1.82, 2.24) is 5.32 Å². The lowest BCUT2D eigenvalue weighted by Gasteiger charge is -2.25. The van der Waals surface area contributed by atoms with Crippen molar-refractivity contribution >= 4 is 15.9 Å². The summed E-state index contributed by atoms with van der Waals surface area (Å²) in [5.74, 6) is 1.48. The SMILES string of the molecule is CCC(C)NC(CO)c1cc(Br)c2c(c1)OCCO2. The molecule has 1 aromatic rings. The van der Waals surface area contributed by atoms with Gasteiger partial charge in [0.05, 0.1) is 17.1 Å². The Morgan fingerprint density at radius 2 is 2.11 bits per heavy atom. The summed E-state index contributed by atoms with van der Waals surface area (Å²) in [7, 11) is 0. The van der Waals surface area contributed by atoms with Crippen LogP contribution in [-0.4, -0.2) is 31.0 Å². The molecule has 0 fully saturated rings. The smallest absolute Gasteiger partial charge is 0.175 e. The highest BCUT2D eigenvalue weighted by Gasteiger charge is 2.20. The molecule has 1 aliphatic rings. The van der Waals surface area contributed by atoms with Crippen LogP contribution in [0.3, 0.4) is 0 Å². The molecule has 2 rings (SSSR count). The predicted octanol–water partition coefficient (Wildman–Crippen LogP) is 2.64. The third kappa shape index (κ3) is 3.41. The van der Waals surface area contributed by atoms with Crippen molar-refractivity contribution in [2.24, 2.45) is 0 Å². The second-order valence-corrected chi connectivity index (χ2v) is 5.59. The molecule has 0 radical (unpaired) electrons. The molecule has 0 amide bonds. The van der Waals surface area contributed by atoms with Crippen LogP contribution in [0.2, 0.25) is 0 Å². The first kappa shape index (κ1) is 14.6. The molecule has 2 N–H and O–H groups in total. The Morgan fingerprint density at radius 1 is 1.37 bits per heavy atom. The van der Waals surface area contributed by atoms with Gasteiger partial charge in [0.25, 0.3) is 0 Å². The monoisotopic (exact) mass is 329 g/mol. The first-order chi connectivity index (χ1) is 9.15. The fourth-order valence-corrected chi connectivity index (χ4v) is 2.62. The van der Waals surface area contributed by atoms with Gasteiger partial charge in [-0.15, -0.1) is 0 Å². The van der Waals surface area contributed by atoms with Gasteiger partial charge in [0.15, 0.2) is 11.5 Å². The van der Waals surface area contributed by atoms with E-state index in [2.05, 4.69) is 35.1 Å². The molecule has 2 atom stereocenters. The number of hydrogen-bond donors (Lipinski definition) is 2. The quantitative estimate of drug-likeness (QED) is 0.871. The maximum absolute atomic E-state index is 9.57. The van der Waals surface area contributed by atoms with Crippen LogP contribution in [0, 0.1) is 0 Å². The lowest BCUT2D eigenvalue weighted by Crippen LogP contribution is -2.32. The average Bonchev–Trinajstić information content (AvgIpc) is 2.44. The van der Waals surface area contributed by atoms with Crippen LogP contribution in [0.5, 0.6) is 11.5 Å². The average molecular weight is 330 g/mol. The first-order valence-corrected chi connectivity index (χ1v) is 7.41. The van der Waals surface area contributed by atoms with Gasteiger partial charge < -0.3 is 19.9 Å². The lowest BCUT2D eigenvalue weighted by atomic mass is 10.1. The van der Waals surface area contributed by atoms with E-state index in [1.165, 1.54) is 0 Å². The number of aliphatic hydroxyl groups excluding tert-OH is 1. The number of halogens is 1. The minimum Gasteiger partial charge on any atom is -0.486 e. The summed E-state index contributed by atoms with van der Waals surface area (Å²) in [4.78, 5) is 0. The molecule has 4 nitrogen and oxygen atoms in total. The molecule has 1 heterocycles. The molecule has 5 heteroatoms. The molecule has 1 aliphatic heterocycles. The standard InChI is InChI=1S/C14H20BrNO3/c1-3-9(2)16-12(8-17)10-6-11(15)14-13(7-10)18-4-5-19-14/h6-7,9,12,16-17H,3-5,8H2,1-2H3. The second kappa shape index (κ2) is 6.59. The van der Waals surface area contributed by atoms with Crippen molar-refractivity contribution in [2.45, 2.75) is 32.4 Å². The summed E-state index contributed by atoms with van der Waals surface area (Å²) in [6, 6.07) is 4.17. The highest BCUT2D eigenvalue weighted by Crippen LogP contribution is 2.39. The highest BCUT2D eigenvalue weighted by molar-refractivity contribution is 9.10. The van der Waals surface area contributed by atoms with Gasteiger partial charge in [-0.3, -0.25) is 0 Å². The zero-order chi connectivity index (χ0) is 13.8. The Labute approximate surface area is 122 Å². The van der Waals surface area contributed by atoms with Crippen molar-refractivity contribution in [3.63, 3.8) is 0 Å². The molecule has 106 valence electrons. The Bertz CT molecular complexity index is 439. The van der Waals surface area contributed by atoms with Gasteiger partial charge in [0.2, 0.25) is 0 Å². The van der Waals surface area contributed by atoms with E-state index in [-0.39, 0.29) is 12.6 Å². The first-order valence-electron chi connectivity index (χ1n) is 6.61. The number of nitrogens with one attached hydrogen (secondary N) is 1. The van der Waals surface area contributed by atoms with E-state index in [0.29, 0.717) is 19.3 Å². The maximum atomic E-state index is 9.57. The van der Waals surface area contributed by atoms with E-state index >= 15 is 0 Å². The van der Waals surface area contributed by atoms with Crippen LogP contribution in [0.15, 0.2) is 16.6 Å². The Balaban J connectivity index is 2.25. The number of hydrogen-bond acceptors (Lipinski definition) is 4. The van der Waals surface area contributed by atoms with Crippen molar-refractivity contribution in [2.75, 3.05) is 19.8 Å². The second-order valence-electron chi connectivity index (χ2n) is 4.74. The summed E-state index contributed by atoms with van der Waals surface area (Å²) in [5.41, 5.74) is 0.999. The summed E-state index contributed by atoms with van der Waals surface area (Å²) in [5, 5.41) is 13.0. The number of benzene rings is 1. The normalized spacial score (nSPS) is 17.1. The fourth-order valence-electron chi connectivity index (χ4n) is 2.05. The van der Waals surface area contributed by atoms with Crippen LogP contribution in [0.25, 0.3) is 0 Å². The molecular weight excluding hydrogens is 310 g/mol. The molecule has 0 aliphatic carbocycles. The van der Waals surface area contributed by atoms with Gasteiger partial charge in [-0.05, 0) is 47.0 Å². The van der Waals surface area contributed by atoms with Crippen molar-refractivity contribution in [3.05, 3.63) is 22.2 Å².